The zero-order chi connectivity index (χ0) is 18.9. The summed E-state index contributed by atoms with van der Waals surface area (Å²) >= 11 is 6.74. The van der Waals surface area contributed by atoms with Crippen molar-refractivity contribution in [2.75, 3.05) is 11.0 Å². The molecule has 0 atom stereocenters. The summed E-state index contributed by atoms with van der Waals surface area (Å²) in [5.74, 6) is 0. The number of nitrogens with one attached hydrogen (secondary N) is 1. The Kier molecular flexibility index (Phi) is 5.02. The lowest BCUT2D eigenvalue weighted by Crippen LogP contribution is -2.11. The van der Waals surface area contributed by atoms with E-state index in [9.17, 15) is 16.8 Å². The highest BCUT2D eigenvalue weighted by Gasteiger charge is 2.17. The molecule has 3 aromatic rings. The number of halogens is 1. The fourth-order valence-corrected chi connectivity index (χ4v) is 5.10. The average molecular weight is 430 g/mol. The van der Waals surface area contributed by atoms with Crippen LogP contribution in [0.5, 0.6) is 0 Å². The summed E-state index contributed by atoms with van der Waals surface area (Å²) in [7, 11) is -7.19. The van der Waals surface area contributed by atoms with Crippen LogP contribution in [0, 0.1) is 0 Å². The second kappa shape index (κ2) is 6.95. The predicted octanol–water partition coefficient (Wildman–Crippen LogP) is 3.06. The summed E-state index contributed by atoms with van der Waals surface area (Å²) in [6.07, 6.45) is 1.04. The van der Waals surface area contributed by atoms with Crippen LogP contribution in [0.3, 0.4) is 0 Å². The van der Waals surface area contributed by atoms with Gasteiger partial charge in [0.1, 0.15) is 4.21 Å². The largest absolute Gasteiger partial charge is 0.279 e. The molecule has 0 bridgehead atoms. The van der Waals surface area contributed by atoms with Crippen molar-refractivity contribution in [1.82, 2.24) is 10.2 Å². The molecule has 0 saturated heterocycles. The molecule has 0 aliphatic carbocycles. The second-order valence-electron chi connectivity index (χ2n) is 5.27. The molecule has 26 heavy (non-hydrogen) atoms. The standard InChI is InChI=1S/C15H12ClN3O4S3/c1-25(20,21)14-7-5-12(17-18-14)10-3-2-4-11(9-10)19-26(22,23)15-8-6-13(16)24-15/h2-9,19H,1H3. The van der Waals surface area contributed by atoms with E-state index in [1.54, 1.807) is 24.3 Å². The number of sulfone groups is 1. The van der Waals surface area contributed by atoms with Crippen LogP contribution < -0.4 is 4.72 Å². The molecule has 0 amide bonds. The van der Waals surface area contributed by atoms with Crippen LogP contribution in [0.1, 0.15) is 0 Å². The third kappa shape index (κ3) is 4.21. The number of hydrogen-bond acceptors (Lipinski definition) is 7. The molecule has 0 unspecified atom stereocenters. The SMILES string of the molecule is CS(=O)(=O)c1ccc(-c2cccc(NS(=O)(=O)c3ccc(Cl)s3)c2)nn1. The van der Waals surface area contributed by atoms with Gasteiger partial charge in [0.2, 0.25) is 0 Å². The van der Waals surface area contributed by atoms with Crippen LogP contribution in [0.25, 0.3) is 11.3 Å². The van der Waals surface area contributed by atoms with Crippen molar-refractivity contribution in [2.45, 2.75) is 9.24 Å². The van der Waals surface area contributed by atoms with E-state index in [4.69, 9.17) is 11.6 Å². The van der Waals surface area contributed by atoms with Gasteiger partial charge >= 0.3 is 0 Å². The molecule has 0 aliphatic rings. The van der Waals surface area contributed by atoms with Gasteiger partial charge in [-0.2, -0.15) is 0 Å². The Balaban J connectivity index is 1.89. The fraction of sp³-hybridized carbons (Fsp3) is 0.0667. The maximum atomic E-state index is 12.4. The molecule has 11 heteroatoms. The highest BCUT2D eigenvalue weighted by Crippen LogP contribution is 2.28. The van der Waals surface area contributed by atoms with E-state index in [0.717, 1.165) is 17.6 Å². The minimum Gasteiger partial charge on any atom is -0.279 e. The molecule has 1 N–H and O–H groups in total. The quantitative estimate of drug-likeness (QED) is 0.668. The summed E-state index contributed by atoms with van der Waals surface area (Å²) in [5, 5.41) is 7.45. The summed E-state index contributed by atoms with van der Waals surface area (Å²) in [5.41, 5.74) is 1.33. The van der Waals surface area contributed by atoms with Gasteiger partial charge in [-0.25, -0.2) is 16.8 Å². The first-order valence-electron chi connectivity index (χ1n) is 7.07. The molecule has 0 aliphatic heterocycles. The van der Waals surface area contributed by atoms with Crippen molar-refractivity contribution in [3.63, 3.8) is 0 Å². The molecule has 7 nitrogen and oxygen atoms in total. The molecule has 3 rings (SSSR count). The monoisotopic (exact) mass is 429 g/mol. The van der Waals surface area contributed by atoms with E-state index in [1.807, 2.05) is 0 Å². The first-order valence-corrected chi connectivity index (χ1v) is 11.6. The van der Waals surface area contributed by atoms with Crippen LogP contribution in [-0.2, 0) is 19.9 Å². The van der Waals surface area contributed by atoms with Crippen molar-refractivity contribution in [2.24, 2.45) is 0 Å². The molecule has 0 fully saturated rings. The summed E-state index contributed by atoms with van der Waals surface area (Å²) in [6.45, 7) is 0. The minimum absolute atomic E-state index is 0.102. The molecule has 136 valence electrons. The molecule has 0 spiro atoms. The first kappa shape index (κ1) is 18.8. The fourth-order valence-electron chi connectivity index (χ4n) is 2.06. The maximum Gasteiger partial charge on any atom is 0.271 e. The zero-order valence-corrected chi connectivity index (χ0v) is 16.5. The molecule has 2 heterocycles. The Labute approximate surface area is 159 Å². The molecule has 0 radical (unpaired) electrons. The maximum absolute atomic E-state index is 12.4. The Morgan fingerprint density at radius 2 is 1.77 bits per heavy atom. The van der Waals surface area contributed by atoms with Crippen molar-refractivity contribution in [3.05, 3.63) is 52.9 Å². The van der Waals surface area contributed by atoms with Crippen LogP contribution in [0.15, 0.2) is 57.8 Å². The van der Waals surface area contributed by atoms with Gasteiger partial charge in [-0.05, 0) is 36.4 Å². The van der Waals surface area contributed by atoms with Gasteiger partial charge in [-0.3, -0.25) is 4.72 Å². The van der Waals surface area contributed by atoms with Crippen LogP contribution in [0.4, 0.5) is 5.69 Å². The highest BCUT2D eigenvalue weighted by molar-refractivity contribution is 7.94. The van der Waals surface area contributed by atoms with Gasteiger partial charge in [0.05, 0.1) is 10.0 Å². The van der Waals surface area contributed by atoms with E-state index in [-0.39, 0.29) is 9.24 Å². The lowest BCUT2D eigenvalue weighted by Gasteiger charge is -2.08. The highest BCUT2D eigenvalue weighted by atomic mass is 35.5. The topological polar surface area (TPSA) is 106 Å². The number of thiophene rings is 1. The summed E-state index contributed by atoms with van der Waals surface area (Å²) in [4.78, 5) is 0. The summed E-state index contributed by atoms with van der Waals surface area (Å²) in [6, 6.07) is 12.3. The van der Waals surface area contributed by atoms with Gasteiger partial charge < -0.3 is 0 Å². The van der Waals surface area contributed by atoms with Crippen LogP contribution in [-0.4, -0.2) is 33.3 Å². The van der Waals surface area contributed by atoms with Crippen molar-refractivity contribution in [3.8, 4) is 11.3 Å². The predicted molar refractivity (Wildman–Crippen MR) is 101 cm³/mol. The minimum atomic E-state index is -3.75. The third-order valence-electron chi connectivity index (χ3n) is 3.24. The number of nitrogens with zero attached hydrogens (tertiary/aromatic N) is 2. The van der Waals surface area contributed by atoms with E-state index < -0.39 is 19.9 Å². The Bertz CT molecular complexity index is 1160. The Morgan fingerprint density at radius 1 is 1.00 bits per heavy atom. The number of aromatic nitrogens is 2. The smallest absolute Gasteiger partial charge is 0.271 e. The van der Waals surface area contributed by atoms with Crippen molar-refractivity contribution < 1.29 is 16.8 Å². The lowest BCUT2D eigenvalue weighted by molar-refractivity contribution is 0.595. The second-order valence-corrected chi connectivity index (χ2v) is 10.9. The number of rotatable bonds is 5. The van der Waals surface area contributed by atoms with Crippen LogP contribution in [0.2, 0.25) is 4.34 Å². The van der Waals surface area contributed by atoms with Gasteiger partial charge in [0.15, 0.2) is 14.9 Å². The van der Waals surface area contributed by atoms with Crippen molar-refractivity contribution >= 4 is 48.5 Å². The molecular weight excluding hydrogens is 418 g/mol. The summed E-state index contributed by atoms with van der Waals surface area (Å²) < 4.78 is 50.6. The van der Waals surface area contributed by atoms with E-state index in [1.165, 1.54) is 24.3 Å². The number of benzene rings is 1. The van der Waals surface area contributed by atoms with Gasteiger partial charge in [-0.15, -0.1) is 21.5 Å². The molecule has 0 saturated carbocycles. The number of anilines is 1. The van der Waals surface area contributed by atoms with E-state index in [2.05, 4.69) is 14.9 Å². The normalized spacial score (nSPS) is 12.1. The molecule has 2 aromatic heterocycles. The molecule has 1 aromatic carbocycles. The van der Waals surface area contributed by atoms with Crippen LogP contribution >= 0.6 is 22.9 Å². The third-order valence-corrected chi connectivity index (χ3v) is 7.33. The lowest BCUT2D eigenvalue weighted by atomic mass is 10.1. The Morgan fingerprint density at radius 3 is 2.35 bits per heavy atom. The zero-order valence-electron chi connectivity index (χ0n) is 13.2. The van der Waals surface area contributed by atoms with E-state index in [0.29, 0.717) is 21.3 Å². The average Bonchev–Trinajstić information content (AvgIpc) is 3.02. The number of sulfonamides is 1. The van der Waals surface area contributed by atoms with Gasteiger partial charge in [0.25, 0.3) is 10.0 Å². The van der Waals surface area contributed by atoms with Gasteiger partial charge in [-0.1, -0.05) is 23.7 Å². The van der Waals surface area contributed by atoms with Gasteiger partial charge in [0, 0.05) is 17.5 Å². The first-order chi connectivity index (χ1) is 12.1. The molecular formula is C15H12ClN3O4S3. The number of hydrogen-bond donors (Lipinski definition) is 1. The van der Waals surface area contributed by atoms with E-state index >= 15 is 0 Å². The van der Waals surface area contributed by atoms with Crippen molar-refractivity contribution in [1.29, 1.82) is 0 Å². The Hall–Kier alpha value is -2.01.